The van der Waals surface area contributed by atoms with Gasteiger partial charge in [0.15, 0.2) is 5.65 Å². The molecule has 5 heteroatoms. The van der Waals surface area contributed by atoms with E-state index in [4.69, 9.17) is 5.73 Å². The molecule has 0 aliphatic carbocycles. The average molecular weight is 286 g/mol. The maximum absolute atomic E-state index is 13.2. The molecule has 2 aromatic rings. The Morgan fingerprint density at radius 1 is 1.44 bits per heavy atom. The van der Waals surface area contributed by atoms with Crippen LogP contribution in [0.4, 0.5) is 10.2 Å². The number of nitrogen functional groups attached to an aromatic ring is 1. The van der Waals surface area contributed by atoms with Gasteiger partial charge in [0.25, 0.3) is 0 Å². The van der Waals surface area contributed by atoms with Crippen molar-refractivity contribution in [2.75, 3.05) is 5.73 Å². The molecular formula is C11H13BrFN3. The van der Waals surface area contributed by atoms with E-state index in [1.807, 2.05) is 20.8 Å². The van der Waals surface area contributed by atoms with Crippen LogP contribution in [0.15, 0.2) is 16.7 Å². The van der Waals surface area contributed by atoms with E-state index < -0.39 is 0 Å². The fourth-order valence-corrected chi connectivity index (χ4v) is 2.14. The van der Waals surface area contributed by atoms with Gasteiger partial charge in [-0.15, -0.1) is 0 Å². The standard InChI is InChI=1S/C11H13BrFN3/c1-11(2,3)8-9(14)16-5-6(13)4-7(12)10(16)15-8/h4-5H,14H2,1-3H3. The Hall–Kier alpha value is -1.10. The summed E-state index contributed by atoms with van der Waals surface area (Å²) in [5.41, 5.74) is 7.23. The van der Waals surface area contributed by atoms with Crippen molar-refractivity contribution in [1.82, 2.24) is 9.38 Å². The summed E-state index contributed by atoms with van der Waals surface area (Å²) in [4.78, 5) is 4.45. The van der Waals surface area contributed by atoms with Gasteiger partial charge in [-0.2, -0.15) is 0 Å². The number of anilines is 1. The predicted molar refractivity (Wildman–Crippen MR) is 66.0 cm³/mol. The largest absolute Gasteiger partial charge is 0.383 e. The third-order valence-corrected chi connectivity index (χ3v) is 2.97. The molecule has 2 aromatic heterocycles. The van der Waals surface area contributed by atoms with Gasteiger partial charge in [0.05, 0.1) is 10.2 Å². The molecule has 0 aliphatic rings. The van der Waals surface area contributed by atoms with Gasteiger partial charge in [0.2, 0.25) is 0 Å². The Bertz CT molecular complexity index is 554. The Balaban J connectivity index is 2.83. The first-order valence-electron chi connectivity index (χ1n) is 4.94. The molecule has 2 N–H and O–H groups in total. The summed E-state index contributed by atoms with van der Waals surface area (Å²) in [7, 11) is 0. The maximum atomic E-state index is 13.2. The molecule has 0 bridgehead atoms. The summed E-state index contributed by atoms with van der Waals surface area (Å²) >= 11 is 3.28. The summed E-state index contributed by atoms with van der Waals surface area (Å²) in [5, 5.41) is 0. The molecule has 0 amide bonds. The minimum absolute atomic E-state index is 0.161. The Labute approximate surface area is 102 Å². The van der Waals surface area contributed by atoms with Crippen LogP contribution in [0, 0.1) is 5.82 Å². The SMILES string of the molecule is CC(C)(C)c1nc2c(Br)cc(F)cn2c1N. The van der Waals surface area contributed by atoms with Crippen LogP contribution in [0.25, 0.3) is 5.65 Å². The third kappa shape index (κ3) is 1.69. The first kappa shape index (κ1) is 11.4. The minimum Gasteiger partial charge on any atom is -0.383 e. The number of fused-ring (bicyclic) bond motifs is 1. The number of rotatable bonds is 0. The van der Waals surface area contributed by atoms with Crippen LogP contribution in [-0.4, -0.2) is 9.38 Å². The lowest BCUT2D eigenvalue weighted by Gasteiger charge is -2.15. The Kier molecular flexibility index (Phi) is 2.45. The number of aromatic nitrogens is 2. The lowest BCUT2D eigenvalue weighted by molar-refractivity contribution is 0.575. The summed E-state index contributed by atoms with van der Waals surface area (Å²) < 4.78 is 15.4. The molecule has 2 heterocycles. The van der Waals surface area contributed by atoms with Crippen molar-refractivity contribution in [2.24, 2.45) is 0 Å². The van der Waals surface area contributed by atoms with Crippen molar-refractivity contribution in [2.45, 2.75) is 26.2 Å². The highest BCUT2D eigenvalue weighted by molar-refractivity contribution is 9.10. The van der Waals surface area contributed by atoms with Crippen LogP contribution < -0.4 is 5.73 Å². The van der Waals surface area contributed by atoms with Crippen LogP contribution in [0.1, 0.15) is 26.5 Å². The van der Waals surface area contributed by atoms with Crippen LogP contribution in [0.5, 0.6) is 0 Å². The van der Waals surface area contributed by atoms with Gasteiger partial charge >= 0.3 is 0 Å². The van der Waals surface area contributed by atoms with Gasteiger partial charge in [-0.05, 0) is 22.0 Å². The van der Waals surface area contributed by atoms with Crippen molar-refractivity contribution in [3.8, 4) is 0 Å². The highest BCUT2D eigenvalue weighted by Crippen LogP contribution is 2.30. The smallest absolute Gasteiger partial charge is 0.153 e. The van der Waals surface area contributed by atoms with Crippen molar-refractivity contribution in [3.63, 3.8) is 0 Å². The van der Waals surface area contributed by atoms with E-state index in [1.165, 1.54) is 12.3 Å². The zero-order valence-electron chi connectivity index (χ0n) is 9.38. The van der Waals surface area contributed by atoms with E-state index in [0.717, 1.165) is 5.69 Å². The highest BCUT2D eigenvalue weighted by atomic mass is 79.9. The average Bonchev–Trinajstić information content (AvgIpc) is 2.43. The zero-order chi connectivity index (χ0) is 12.1. The van der Waals surface area contributed by atoms with Crippen molar-refractivity contribution < 1.29 is 4.39 Å². The minimum atomic E-state index is -0.344. The molecular weight excluding hydrogens is 273 g/mol. The number of nitrogens with two attached hydrogens (primary N) is 1. The topological polar surface area (TPSA) is 43.3 Å². The maximum Gasteiger partial charge on any atom is 0.153 e. The summed E-state index contributed by atoms with van der Waals surface area (Å²) in [6.45, 7) is 6.07. The van der Waals surface area contributed by atoms with E-state index in [2.05, 4.69) is 20.9 Å². The fraction of sp³-hybridized carbons (Fsp3) is 0.364. The number of halogens is 2. The van der Waals surface area contributed by atoms with Crippen molar-refractivity contribution >= 4 is 27.4 Å². The second kappa shape index (κ2) is 3.45. The van der Waals surface area contributed by atoms with Crippen LogP contribution in [0.2, 0.25) is 0 Å². The number of nitrogens with zero attached hydrogens (tertiary/aromatic N) is 2. The van der Waals surface area contributed by atoms with Crippen LogP contribution >= 0.6 is 15.9 Å². The first-order valence-corrected chi connectivity index (χ1v) is 5.73. The van der Waals surface area contributed by atoms with E-state index >= 15 is 0 Å². The summed E-state index contributed by atoms with van der Waals surface area (Å²) in [6, 6.07) is 1.38. The van der Waals surface area contributed by atoms with E-state index in [1.54, 1.807) is 4.40 Å². The number of hydrogen-bond donors (Lipinski definition) is 1. The molecule has 0 saturated carbocycles. The fourth-order valence-electron chi connectivity index (χ4n) is 1.64. The van der Waals surface area contributed by atoms with Gasteiger partial charge in [0, 0.05) is 11.6 Å². The number of pyridine rings is 1. The van der Waals surface area contributed by atoms with E-state index in [-0.39, 0.29) is 11.2 Å². The molecule has 0 fully saturated rings. The molecule has 3 nitrogen and oxygen atoms in total. The van der Waals surface area contributed by atoms with Gasteiger partial charge in [-0.3, -0.25) is 4.40 Å². The van der Waals surface area contributed by atoms with Crippen LogP contribution in [0.3, 0.4) is 0 Å². The van der Waals surface area contributed by atoms with Crippen molar-refractivity contribution in [3.05, 3.63) is 28.2 Å². The molecule has 0 atom stereocenters. The molecule has 0 aromatic carbocycles. The van der Waals surface area contributed by atoms with Gasteiger partial charge < -0.3 is 5.73 Å². The molecule has 16 heavy (non-hydrogen) atoms. The molecule has 86 valence electrons. The van der Waals surface area contributed by atoms with E-state index in [0.29, 0.717) is 15.9 Å². The number of hydrogen-bond acceptors (Lipinski definition) is 2. The molecule has 2 rings (SSSR count). The first-order chi connectivity index (χ1) is 7.30. The second-order valence-corrected chi connectivity index (χ2v) is 5.65. The normalized spacial score (nSPS) is 12.3. The zero-order valence-corrected chi connectivity index (χ0v) is 11.0. The summed E-state index contributed by atoms with van der Waals surface area (Å²) in [6.07, 6.45) is 1.34. The monoisotopic (exact) mass is 285 g/mol. The van der Waals surface area contributed by atoms with Crippen LogP contribution in [-0.2, 0) is 5.41 Å². The van der Waals surface area contributed by atoms with E-state index in [9.17, 15) is 4.39 Å². The Morgan fingerprint density at radius 3 is 2.62 bits per heavy atom. The van der Waals surface area contributed by atoms with Gasteiger partial charge in [-0.1, -0.05) is 20.8 Å². The lowest BCUT2D eigenvalue weighted by Crippen LogP contribution is -2.14. The summed E-state index contributed by atoms with van der Waals surface area (Å²) in [5.74, 6) is 0.145. The lowest BCUT2D eigenvalue weighted by atomic mass is 9.92. The van der Waals surface area contributed by atoms with Gasteiger partial charge in [-0.25, -0.2) is 9.37 Å². The predicted octanol–water partition coefficient (Wildman–Crippen LogP) is 3.12. The van der Waals surface area contributed by atoms with Gasteiger partial charge in [0.1, 0.15) is 11.6 Å². The molecule has 0 unspecified atom stereocenters. The number of imidazole rings is 1. The molecule has 0 radical (unpaired) electrons. The molecule has 0 aliphatic heterocycles. The van der Waals surface area contributed by atoms with Crippen molar-refractivity contribution in [1.29, 1.82) is 0 Å². The third-order valence-electron chi connectivity index (χ3n) is 2.39. The second-order valence-electron chi connectivity index (χ2n) is 4.80. The molecule has 0 saturated heterocycles. The Morgan fingerprint density at radius 2 is 2.06 bits per heavy atom. The highest BCUT2D eigenvalue weighted by Gasteiger charge is 2.23. The quantitative estimate of drug-likeness (QED) is 0.808. The molecule has 0 spiro atoms.